The van der Waals surface area contributed by atoms with Crippen molar-refractivity contribution in [2.75, 3.05) is 0 Å². The van der Waals surface area contributed by atoms with Crippen molar-refractivity contribution in [1.82, 2.24) is 0 Å². The number of hydrogen-bond acceptors (Lipinski definition) is 1. The number of rotatable bonds is 3. The Labute approximate surface area is 123 Å². The van der Waals surface area contributed by atoms with Crippen LogP contribution in [0.15, 0.2) is 36.4 Å². The van der Waals surface area contributed by atoms with Crippen molar-refractivity contribution in [2.24, 2.45) is 0 Å². The summed E-state index contributed by atoms with van der Waals surface area (Å²) in [5.41, 5.74) is 0.462. The number of halogens is 4. The molecule has 0 aliphatic rings. The van der Waals surface area contributed by atoms with Crippen molar-refractivity contribution in [2.45, 2.75) is 5.33 Å². The third-order valence-corrected chi connectivity index (χ3v) is 3.63. The molecule has 94 valence electrons. The molecule has 0 unspecified atom stereocenters. The second-order valence-electron chi connectivity index (χ2n) is 3.53. The SMILES string of the molecule is Fc1cccc(Oc2ccc(Cl)c(Cl)c2)c1CBr. The van der Waals surface area contributed by atoms with Gasteiger partial charge in [-0.3, -0.25) is 0 Å². The van der Waals surface area contributed by atoms with Crippen LogP contribution in [0.1, 0.15) is 5.56 Å². The van der Waals surface area contributed by atoms with E-state index in [1.807, 2.05) is 0 Å². The lowest BCUT2D eigenvalue weighted by Gasteiger charge is -2.10. The minimum absolute atomic E-state index is 0.315. The molecular weight excluding hydrogens is 342 g/mol. The van der Waals surface area contributed by atoms with Crippen LogP contribution in [-0.4, -0.2) is 0 Å². The van der Waals surface area contributed by atoms with Crippen molar-refractivity contribution in [3.05, 3.63) is 57.8 Å². The fourth-order valence-electron chi connectivity index (χ4n) is 1.43. The smallest absolute Gasteiger partial charge is 0.134 e. The molecule has 0 aromatic heterocycles. The lowest BCUT2D eigenvalue weighted by atomic mass is 10.2. The maximum atomic E-state index is 13.5. The molecule has 0 saturated heterocycles. The molecule has 2 aromatic rings. The van der Waals surface area contributed by atoms with Gasteiger partial charge in [0.25, 0.3) is 0 Å². The van der Waals surface area contributed by atoms with E-state index in [4.69, 9.17) is 27.9 Å². The van der Waals surface area contributed by atoms with Crippen LogP contribution in [0.5, 0.6) is 11.5 Å². The van der Waals surface area contributed by atoms with Crippen LogP contribution in [-0.2, 0) is 5.33 Å². The minimum atomic E-state index is -0.315. The second kappa shape index (κ2) is 5.91. The monoisotopic (exact) mass is 348 g/mol. The Bertz CT molecular complexity index is 575. The number of benzene rings is 2. The van der Waals surface area contributed by atoms with Crippen molar-refractivity contribution >= 4 is 39.1 Å². The third-order valence-electron chi connectivity index (χ3n) is 2.33. The third kappa shape index (κ3) is 2.97. The average Bonchev–Trinajstić information content (AvgIpc) is 2.34. The van der Waals surface area contributed by atoms with Crippen molar-refractivity contribution in [3.8, 4) is 11.5 Å². The lowest BCUT2D eigenvalue weighted by molar-refractivity contribution is 0.471. The van der Waals surface area contributed by atoms with E-state index in [1.54, 1.807) is 30.3 Å². The summed E-state index contributed by atoms with van der Waals surface area (Å²) in [6.45, 7) is 0. The van der Waals surface area contributed by atoms with E-state index in [-0.39, 0.29) is 5.82 Å². The van der Waals surface area contributed by atoms with Gasteiger partial charge in [-0.1, -0.05) is 45.2 Å². The predicted molar refractivity (Wildman–Crippen MR) is 75.6 cm³/mol. The number of hydrogen-bond donors (Lipinski definition) is 0. The first-order chi connectivity index (χ1) is 8.61. The highest BCUT2D eigenvalue weighted by atomic mass is 79.9. The van der Waals surface area contributed by atoms with Crippen LogP contribution >= 0.6 is 39.1 Å². The van der Waals surface area contributed by atoms with E-state index in [0.717, 1.165) is 0 Å². The molecule has 0 fully saturated rings. The lowest BCUT2D eigenvalue weighted by Crippen LogP contribution is -1.93. The topological polar surface area (TPSA) is 9.23 Å². The Kier molecular flexibility index (Phi) is 4.49. The first-order valence-electron chi connectivity index (χ1n) is 5.08. The molecule has 0 spiro atoms. The molecular formula is C13H8BrCl2FO. The van der Waals surface area contributed by atoms with Crippen LogP contribution < -0.4 is 4.74 Å². The van der Waals surface area contributed by atoms with Gasteiger partial charge in [0.2, 0.25) is 0 Å². The number of alkyl halides is 1. The summed E-state index contributed by atoms with van der Waals surface area (Å²) in [5.74, 6) is 0.645. The van der Waals surface area contributed by atoms with E-state index in [1.165, 1.54) is 6.07 Å². The fraction of sp³-hybridized carbons (Fsp3) is 0.0769. The molecule has 5 heteroatoms. The Morgan fingerprint density at radius 3 is 2.56 bits per heavy atom. The molecule has 0 aliphatic heterocycles. The van der Waals surface area contributed by atoms with E-state index < -0.39 is 0 Å². The highest BCUT2D eigenvalue weighted by Crippen LogP contribution is 2.32. The molecule has 18 heavy (non-hydrogen) atoms. The number of ether oxygens (including phenoxy) is 1. The van der Waals surface area contributed by atoms with E-state index in [0.29, 0.717) is 32.4 Å². The van der Waals surface area contributed by atoms with Gasteiger partial charge in [0.05, 0.1) is 10.0 Å². The van der Waals surface area contributed by atoms with E-state index in [2.05, 4.69) is 15.9 Å². The summed E-state index contributed by atoms with van der Waals surface area (Å²) in [4.78, 5) is 0. The summed E-state index contributed by atoms with van der Waals surface area (Å²) >= 11 is 14.9. The van der Waals surface area contributed by atoms with Gasteiger partial charge in [0, 0.05) is 17.0 Å². The second-order valence-corrected chi connectivity index (χ2v) is 4.90. The highest BCUT2D eigenvalue weighted by Gasteiger charge is 2.09. The first-order valence-corrected chi connectivity index (χ1v) is 6.96. The van der Waals surface area contributed by atoms with Gasteiger partial charge in [-0.05, 0) is 24.3 Å². The molecule has 1 nitrogen and oxygen atoms in total. The fourth-order valence-corrected chi connectivity index (χ4v) is 2.26. The maximum absolute atomic E-state index is 13.5. The molecule has 2 rings (SSSR count). The Morgan fingerprint density at radius 1 is 1.11 bits per heavy atom. The average molecular weight is 350 g/mol. The zero-order valence-electron chi connectivity index (χ0n) is 9.09. The van der Waals surface area contributed by atoms with Gasteiger partial charge < -0.3 is 4.74 Å². The molecule has 0 N–H and O–H groups in total. The quantitative estimate of drug-likeness (QED) is 0.634. The molecule has 0 heterocycles. The van der Waals surface area contributed by atoms with Crippen LogP contribution in [0.25, 0.3) is 0 Å². The standard InChI is InChI=1S/C13H8BrCl2FO/c14-7-9-12(17)2-1-3-13(9)18-8-4-5-10(15)11(16)6-8/h1-6H,7H2. The van der Waals surface area contributed by atoms with Crippen molar-refractivity contribution in [3.63, 3.8) is 0 Å². The molecule has 2 aromatic carbocycles. The largest absolute Gasteiger partial charge is 0.457 e. The van der Waals surface area contributed by atoms with Gasteiger partial charge in [-0.15, -0.1) is 0 Å². The van der Waals surface area contributed by atoms with Crippen LogP contribution in [0.4, 0.5) is 4.39 Å². The summed E-state index contributed by atoms with van der Waals surface area (Å²) in [6, 6.07) is 9.57. The molecule has 0 amide bonds. The normalized spacial score (nSPS) is 10.4. The predicted octanol–water partition coefficient (Wildman–Crippen LogP) is 5.82. The molecule has 0 aliphatic carbocycles. The molecule has 0 bridgehead atoms. The Morgan fingerprint density at radius 2 is 1.89 bits per heavy atom. The van der Waals surface area contributed by atoms with E-state index >= 15 is 0 Å². The first kappa shape index (κ1) is 13.7. The molecule has 0 radical (unpaired) electrons. The minimum Gasteiger partial charge on any atom is -0.457 e. The van der Waals surface area contributed by atoms with Crippen LogP contribution in [0.3, 0.4) is 0 Å². The zero-order chi connectivity index (χ0) is 13.1. The van der Waals surface area contributed by atoms with E-state index in [9.17, 15) is 4.39 Å². The Balaban J connectivity index is 2.34. The summed E-state index contributed by atoms with van der Waals surface area (Å²) in [6.07, 6.45) is 0. The Hall–Kier alpha value is -0.770. The van der Waals surface area contributed by atoms with Gasteiger partial charge in [-0.25, -0.2) is 4.39 Å². The summed E-state index contributed by atoms with van der Waals surface area (Å²) in [5, 5.41) is 1.21. The molecule has 0 saturated carbocycles. The summed E-state index contributed by atoms with van der Waals surface area (Å²) < 4.78 is 19.1. The summed E-state index contributed by atoms with van der Waals surface area (Å²) in [7, 11) is 0. The van der Waals surface area contributed by atoms with Crippen LogP contribution in [0, 0.1) is 5.82 Å². The highest BCUT2D eigenvalue weighted by molar-refractivity contribution is 9.08. The zero-order valence-corrected chi connectivity index (χ0v) is 12.2. The van der Waals surface area contributed by atoms with Gasteiger partial charge in [0.15, 0.2) is 0 Å². The van der Waals surface area contributed by atoms with Gasteiger partial charge in [-0.2, -0.15) is 0 Å². The maximum Gasteiger partial charge on any atom is 0.134 e. The molecule has 0 atom stereocenters. The van der Waals surface area contributed by atoms with Crippen molar-refractivity contribution < 1.29 is 9.13 Å². The van der Waals surface area contributed by atoms with Crippen LogP contribution in [0.2, 0.25) is 10.0 Å². The van der Waals surface area contributed by atoms with Gasteiger partial charge >= 0.3 is 0 Å². The van der Waals surface area contributed by atoms with Crippen molar-refractivity contribution in [1.29, 1.82) is 0 Å². The van der Waals surface area contributed by atoms with Gasteiger partial charge in [0.1, 0.15) is 17.3 Å².